The van der Waals surface area contributed by atoms with Gasteiger partial charge < -0.3 is 10.2 Å². The Bertz CT molecular complexity index is 423. The lowest BCUT2D eigenvalue weighted by atomic mass is 9.84. The highest BCUT2D eigenvalue weighted by Gasteiger charge is 2.35. The second-order valence-electron chi connectivity index (χ2n) is 5.81. The second kappa shape index (κ2) is 6.02. The van der Waals surface area contributed by atoms with Crippen LogP contribution in [0.5, 0.6) is 0 Å². The van der Waals surface area contributed by atoms with Gasteiger partial charge in [0.1, 0.15) is 5.82 Å². The maximum atomic E-state index is 13.1. The van der Waals surface area contributed by atoms with Crippen LogP contribution in [0, 0.1) is 12.7 Å². The molecular formula is C16H23FO2. The molecule has 3 heteroatoms. The number of halogens is 1. The third-order valence-electron chi connectivity index (χ3n) is 4.31. The van der Waals surface area contributed by atoms with Gasteiger partial charge in [-0.1, -0.05) is 31.7 Å². The molecule has 2 rings (SSSR count). The first kappa shape index (κ1) is 14.5. The molecule has 1 fully saturated rings. The van der Waals surface area contributed by atoms with Crippen LogP contribution in [0.4, 0.5) is 4.39 Å². The van der Waals surface area contributed by atoms with E-state index in [0.29, 0.717) is 19.3 Å². The summed E-state index contributed by atoms with van der Waals surface area (Å²) in [4.78, 5) is 0. The fourth-order valence-corrected chi connectivity index (χ4v) is 2.96. The number of hydrogen-bond acceptors (Lipinski definition) is 2. The van der Waals surface area contributed by atoms with Crippen LogP contribution in [0.2, 0.25) is 0 Å². The van der Waals surface area contributed by atoms with E-state index < -0.39 is 11.7 Å². The van der Waals surface area contributed by atoms with E-state index in [1.807, 2.05) is 6.92 Å². The minimum atomic E-state index is -0.975. The Labute approximate surface area is 114 Å². The van der Waals surface area contributed by atoms with E-state index >= 15 is 0 Å². The molecule has 106 valence electrons. The SMILES string of the molecule is Cc1cc(F)ccc1CC(O)C1(O)CCCCCC1. The third kappa shape index (κ3) is 3.54. The topological polar surface area (TPSA) is 40.5 Å². The molecule has 1 atom stereocenters. The zero-order chi connectivity index (χ0) is 13.9. The second-order valence-corrected chi connectivity index (χ2v) is 5.81. The van der Waals surface area contributed by atoms with Crippen molar-refractivity contribution in [1.82, 2.24) is 0 Å². The standard InChI is InChI=1S/C16H23FO2/c1-12-10-14(17)7-6-13(12)11-15(18)16(19)8-4-2-3-5-9-16/h6-7,10,15,18-19H,2-5,8-9,11H2,1H3. The van der Waals surface area contributed by atoms with Crippen molar-refractivity contribution in [2.24, 2.45) is 0 Å². The van der Waals surface area contributed by atoms with Crippen LogP contribution in [-0.4, -0.2) is 21.9 Å². The summed E-state index contributed by atoms with van der Waals surface area (Å²) in [6.45, 7) is 1.84. The molecule has 1 aromatic carbocycles. The lowest BCUT2D eigenvalue weighted by Gasteiger charge is -2.32. The first-order chi connectivity index (χ1) is 9.01. The van der Waals surface area contributed by atoms with E-state index in [1.165, 1.54) is 12.1 Å². The molecule has 1 unspecified atom stereocenters. The number of rotatable bonds is 3. The molecular weight excluding hydrogens is 243 g/mol. The van der Waals surface area contributed by atoms with Gasteiger partial charge in [0.25, 0.3) is 0 Å². The van der Waals surface area contributed by atoms with Gasteiger partial charge in [-0.3, -0.25) is 0 Å². The molecule has 0 spiro atoms. The fraction of sp³-hybridized carbons (Fsp3) is 0.625. The van der Waals surface area contributed by atoms with Crippen LogP contribution in [0.25, 0.3) is 0 Å². The molecule has 1 aliphatic rings. The van der Waals surface area contributed by atoms with E-state index in [2.05, 4.69) is 0 Å². The summed E-state index contributed by atoms with van der Waals surface area (Å²) in [5.74, 6) is -0.260. The first-order valence-electron chi connectivity index (χ1n) is 7.17. The van der Waals surface area contributed by atoms with Crippen LogP contribution < -0.4 is 0 Å². The van der Waals surface area contributed by atoms with Crippen molar-refractivity contribution in [3.05, 3.63) is 35.1 Å². The van der Waals surface area contributed by atoms with Crippen LogP contribution in [-0.2, 0) is 6.42 Å². The van der Waals surface area contributed by atoms with E-state index in [4.69, 9.17) is 0 Å². The highest BCUT2D eigenvalue weighted by molar-refractivity contribution is 5.27. The van der Waals surface area contributed by atoms with Gasteiger partial charge in [0.15, 0.2) is 0 Å². The third-order valence-corrected chi connectivity index (χ3v) is 4.31. The Morgan fingerprint density at radius 3 is 2.42 bits per heavy atom. The quantitative estimate of drug-likeness (QED) is 0.825. The molecule has 0 aromatic heterocycles. The van der Waals surface area contributed by atoms with Gasteiger partial charge in [-0.15, -0.1) is 0 Å². The highest BCUT2D eigenvalue weighted by Crippen LogP contribution is 2.31. The van der Waals surface area contributed by atoms with Gasteiger partial charge >= 0.3 is 0 Å². The summed E-state index contributed by atoms with van der Waals surface area (Å²) in [5.41, 5.74) is 0.764. The summed E-state index contributed by atoms with van der Waals surface area (Å²) in [5, 5.41) is 21.0. The summed E-state index contributed by atoms with van der Waals surface area (Å²) >= 11 is 0. The zero-order valence-corrected chi connectivity index (χ0v) is 11.5. The number of aryl methyl sites for hydroxylation is 1. The molecule has 0 radical (unpaired) electrons. The van der Waals surface area contributed by atoms with Gasteiger partial charge in [-0.05, 0) is 43.0 Å². The van der Waals surface area contributed by atoms with Crippen molar-refractivity contribution in [2.75, 3.05) is 0 Å². The Balaban J connectivity index is 2.08. The Morgan fingerprint density at radius 1 is 1.21 bits per heavy atom. The summed E-state index contributed by atoms with van der Waals surface area (Å²) in [6, 6.07) is 4.58. The van der Waals surface area contributed by atoms with Gasteiger partial charge in [0.2, 0.25) is 0 Å². The molecule has 19 heavy (non-hydrogen) atoms. The first-order valence-corrected chi connectivity index (χ1v) is 7.17. The van der Waals surface area contributed by atoms with Crippen molar-refractivity contribution < 1.29 is 14.6 Å². The van der Waals surface area contributed by atoms with Crippen molar-refractivity contribution >= 4 is 0 Å². The van der Waals surface area contributed by atoms with Crippen LogP contribution >= 0.6 is 0 Å². The van der Waals surface area contributed by atoms with Crippen LogP contribution in [0.1, 0.15) is 49.7 Å². The molecule has 1 saturated carbocycles. The van der Waals surface area contributed by atoms with E-state index in [9.17, 15) is 14.6 Å². The van der Waals surface area contributed by atoms with Gasteiger partial charge in [0.05, 0.1) is 11.7 Å². The van der Waals surface area contributed by atoms with E-state index in [-0.39, 0.29) is 5.82 Å². The van der Waals surface area contributed by atoms with Crippen LogP contribution in [0.15, 0.2) is 18.2 Å². The van der Waals surface area contributed by atoms with Gasteiger partial charge in [-0.25, -0.2) is 4.39 Å². The number of aliphatic hydroxyl groups excluding tert-OH is 1. The molecule has 0 amide bonds. The molecule has 1 aliphatic carbocycles. The largest absolute Gasteiger partial charge is 0.390 e. The Morgan fingerprint density at radius 2 is 1.84 bits per heavy atom. The smallest absolute Gasteiger partial charge is 0.123 e. The monoisotopic (exact) mass is 266 g/mol. The number of aliphatic hydroxyl groups is 2. The minimum absolute atomic E-state index is 0.260. The molecule has 2 N–H and O–H groups in total. The molecule has 1 aromatic rings. The van der Waals surface area contributed by atoms with E-state index in [1.54, 1.807) is 6.07 Å². The van der Waals surface area contributed by atoms with E-state index in [0.717, 1.165) is 36.8 Å². The molecule has 0 heterocycles. The molecule has 0 saturated heterocycles. The lowest BCUT2D eigenvalue weighted by molar-refractivity contribution is -0.0837. The molecule has 0 aliphatic heterocycles. The average molecular weight is 266 g/mol. The van der Waals surface area contributed by atoms with Gasteiger partial charge in [0, 0.05) is 6.42 Å². The summed E-state index contributed by atoms with van der Waals surface area (Å²) in [6.07, 6.45) is 5.14. The maximum absolute atomic E-state index is 13.1. The van der Waals surface area contributed by atoms with Crippen LogP contribution in [0.3, 0.4) is 0 Å². The summed E-state index contributed by atoms with van der Waals surface area (Å²) in [7, 11) is 0. The van der Waals surface area contributed by atoms with Gasteiger partial charge in [-0.2, -0.15) is 0 Å². The predicted octanol–water partition coefficient (Wildman–Crippen LogP) is 3.12. The lowest BCUT2D eigenvalue weighted by Crippen LogP contribution is -2.43. The number of benzene rings is 1. The van der Waals surface area contributed by atoms with Crippen molar-refractivity contribution in [1.29, 1.82) is 0 Å². The Kier molecular flexibility index (Phi) is 4.58. The van der Waals surface area contributed by atoms with Crippen molar-refractivity contribution in [3.63, 3.8) is 0 Å². The highest BCUT2D eigenvalue weighted by atomic mass is 19.1. The molecule has 2 nitrogen and oxygen atoms in total. The minimum Gasteiger partial charge on any atom is -0.390 e. The Hall–Kier alpha value is -0.930. The normalized spacial score (nSPS) is 20.8. The number of hydrogen-bond donors (Lipinski definition) is 2. The van der Waals surface area contributed by atoms with Crippen molar-refractivity contribution in [3.8, 4) is 0 Å². The predicted molar refractivity (Wildman–Crippen MR) is 73.5 cm³/mol. The summed E-state index contributed by atoms with van der Waals surface area (Å²) < 4.78 is 13.1. The average Bonchev–Trinajstić information content (AvgIpc) is 2.58. The van der Waals surface area contributed by atoms with Crippen molar-refractivity contribution in [2.45, 2.75) is 63.6 Å². The zero-order valence-electron chi connectivity index (χ0n) is 11.5. The fourth-order valence-electron chi connectivity index (χ4n) is 2.96. The maximum Gasteiger partial charge on any atom is 0.123 e. The molecule has 0 bridgehead atoms.